The first-order chi connectivity index (χ1) is 8.60. The second-order valence-electron chi connectivity index (χ2n) is 6.73. The van der Waals surface area contributed by atoms with Gasteiger partial charge in [0.1, 0.15) is 0 Å². The number of nitrogens with one attached hydrogen (secondary N) is 1. The highest BCUT2D eigenvalue weighted by atomic mass is 19.4. The standard InChI is InChI=1S/C14H26F3NO/c1-13(2,3)10-5-4-6-11(8-7-10)18-9-12(19)14(15,16)17/h10-12,18-19H,4-9H2,1-3H3. The van der Waals surface area contributed by atoms with Crippen molar-refractivity contribution in [1.29, 1.82) is 0 Å². The topological polar surface area (TPSA) is 32.3 Å². The van der Waals surface area contributed by atoms with Crippen LogP contribution in [0.5, 0.6) is 0 Å². The monoisotopic (exact) mass is 281 g/mol. The predicted octanol–water partition coefficient (Wildman–Crippen LogP) is 3.49. The van der Waals surface area contributed by atoms with E-state index in [0.717, 1.165) is 32.1 Å². The van der Waals surface area contributed by atoms with Gasteiger partial charge in [0.15, 0.2) is 6.10 Å². The van der Waals surface area contributed by atoms with Crippen LogP contribution in [0.15, 0.2) is 0 Å². The summed E-state index contributed by atoms with van der Waals surface area (Å²) >= 11 is 0. The number of alkyl halides is 3. The van der Waals surface area contributed by atoms with Gasteiger partial charge in [-0.25, -0.2) is 0 Å². The Morgan fingerprint density at radius 1 is 1.11 bits per heavy atom. The third-order valence-corrected chi connectivity index (χ3v) is 4.17. The van der Waals surface area contributed by atoms with Crippen LogP contribution >= 0.6 is 0 Å². The summed E-state index contributed by atoms with van der Waals surface area (Å²) in [4.78, 5) is 0. The number of hydrogen-bond donors (Lipinski definition) is 2. The molecule has 0 amide bonds. The number of hydrogen-bond acceptors (Lipinski definition) is 2. The Hall–Kier alpha value is -0.290. The summed E-state index contributed by atoms with van der Waals surface area (Å²) in [5.41, 5.74) is 0.264. The fraction of sp³-hybridized carbons (Fsp3) is 1.00. The van der Waals surface area contributed by atoms with E-state index in [-0.39, 0.29) is 11.5 Å². The fourth-order valence-corrected chi connectivity index (χ4v) is 2.77. The molecule has 1 saturated carbocycles. The van der Waals surface area contributed by atoms with Gasteiger partial charge >= 0.3 is 6.18 Å². The van der Waals surface area contributed by atoms with Gasteiger partial charge in [0.05, 0.1) is 0 Å². The van der Waals surface area contributed by atoms with Crippen LogP contribution in [0.1, 0.15) is 52.9 Å². The highest BCUT2D eigenvalue weighted by Crippen LogP contribution is 2.36. The van der Waals surface area contributed by atoms with Gasteiger partial charge in [0.2, 0.25) is 0 Å². The number of aliphatic hydroxyl groups excluding tert-OH is 1. The molecule has 3 atom stereocenters. The lowest BCUT2D eigenvalue weighted by molar-refractivity contribution is -0.202. The average Bonchev–Trinajstić information content (AvgIpc) is 2.48. The van der Waals surface area contributed by atoms with E-state index in [2.05, 4.69) is 26.1 Å². The van der Waals surface area contributed by atoms with E-state index in [1.54, 1.807) is 0 Å². The fourth-order valence-electron chi connectivity index (χ4n) is 2.77. The van der Waals surface area contributed by atoms with Gasteiger partial charge in [0.25, 0.3) is 0 Å². The Morgan fingerprint density at radius 2 is 1.74 bits per heavy atom. The van der Waals surface area contributed by atoms with Crippen LogP contribution in [-0.4, -0.2) is 30.0 Å². The predicted molar refractivity (Wildman–Crippen MR) is 69.9 cm³/mol. The maximum Gasteiger partial charge on any atom is 0.415 e. The summed E-state index contributed by atoms with van der Waals surface area (Å²) in [6.45, 7) is 6.27. The van der Waals surface area contributed by atoms with Crippen LogP contribution < -0.4 is 5.32 Å². The lowest BCUT2D eigenvalue weighted by Crippen LogP contribution is -2.42. The van der Waals surface area contributed by atoms with E-state index in [1.807, 2.05) is 0 Å². The molecule has 0 aliphatic heterocycles. The molecule has 5 heteroatoms. The summed E-state index contributed by atoms with van der Waals surface area (Å²) in [6, 6.07) is 0.101. The van der Waals surface area contributed by atoms with Crippen molar-refractivity contribution in [2.45, 2.75) is 71.2 Å². The summed E-state index contributed by atoms with van der Waals surface area (Å²) in [5.74, 6) is 0.631. The molecule has 1 rings (SSSR count). The molecule has 2 nitrogen and oxygen atoms in total. The van der Waals surface area contributed by atoms with Crippen molar-refractivity contribution in [3.8, 4) is 0 Å². The normalized spacial score (nSPS) is 27.9. The first kappa shape index (κ1) is 16.8. The molecule has 19 heavy (non-hydrogen) atoms. The zero-order valence-corrected chi connectivity index (χ0v) is 12.1. The van der Waals surface area contributed by atoms with E-state index in [9.17, 15) is 13.2 Å². The summed E-state index contributed by atoms with van der Waals surface area (Å²) < 4.78 is 36.6. The minimum Gasteiger partial charge on any atom is -0.382 e. The van der Waals surface area contributed by atoms with E-state index < -0.39 is 18.8 Å². The van der Waals surface area contributed by atoms with E-state index >= 15 is 0 Å². The van der Waals surface area contributed by atoms with Gasteiger partial charge < -0.3 is 10.4 Å². The number of halogens is 3. The maximum absolute atomic E-state index is 12.2. The molecule has 1 aliphatic rings. The molecule has 0 aromatic heterocycles. The van der Waals surface area contributed by atoms with Crippen molar-refractivity contribution in [2.24, 2.45) is 11.3 Å². The lowest BCUT2D eigenvalue weighted by Gasteiger charge is -2.29. The molecular weight excluding hydrogens is 255 g/mol. The Bertz CT molecular complexity index is 273. The van der Waals surface area contributed by atoms with Crippen LogP contribution in [-0.2, 0) is 0 Å². The molecular formula is C14H26F3NO. The first-order valence-electron chi connectivity index (χ1n) is 7.09. The number of aliphatic hydroxyl groups is 1. The SMILES string of the molecule is CC(C)(C)C1CCCC(NCC(O)C(F)(F)F)CC1. The van der Waals surface area contributed by atoms with Crippen LogP contribution in [0.3, 0.4) is 0 Å². The van der Waals surface area contributed by atoms with Crippen molar-refractivity contribution >= 4 is 0 Å². The highest BCUT2D eigenvalue weighted by Gasteiger charge is 2.38. The van der Waals surface area contributed by atoms with Gasteiger partial charge in [-0.1, -0.05) is 27.2 Å². The summed E-state index contributed by atoms with van der Waals surface area (Å²) in [7, 11) is 0. The van der Waals surface area contributed by atoms with Gasteiger partial charge in [0, 0.05) is 12.6 Å². The second kappa shape index (κ2) is 6.44. The molecule has 0 aromatic rings. The van der Waals surface area contributed by atoms with Gasteiger partial charge in [-0.2, -0.15) is 13.2 Å². The minimum atomic E-state index is -4.52. The zero-order chi connectivity index (χ0) is 14.7. The highest BCUT2D eigenvalue weighted by molar-refractivity contribution is 4.82. The maximum atomic E-state index is 12.2. The molecule has 1 fully saturated rings. The Balaban J connectivity index is 2.38. The van der Waals surface area contributed by atoms with Crippen LogP contribution in [0.25, 0.3) is 0 Å². The van der Waals surface area contributed by atoms with Gasteiger partial charge in [-0.05, 0) is 37.0 Å². The van der Waals surface area contributed by atoms with Gasteiger partial charge in [-0.3, -0.25) is 0 Å². The van der Waals surface area contributed by atoms with Crippen molar-refractivity contribution in [3.63, 3.8) is 0 Å². The molecule has 114 valence electrons. The zero-order valence-electron chi connectivity index (χ0n) is 12.1. The summed E-state index contributed by atoms with van der Waals surface area (Å²) in [5, 5.41) is 11.9. The van der Waals surface area contributed by atoms with Crippen molar-refractivity contribution in [2.75, 3.05) is 6.54 Å². The van der Waals surface area contributed by atoms with E-state index in [4.69, 9.17) is 5.11 Å². The lowest BCUT2D eigenvalue weighted by atomic mass is 9.76. The van der Waals surface area contributed by atoms with Crippen LogP contribution in [0, 0.1) is 11.3 Å². The van der Waals surface area contributed by atoms with E-state index in [0.29, 0.717) is 5.92 Å². The molecule has 0 heterocycles. The third kappa shape index (κ3) is 5.69. The minimum absolute atomic E-state index is 0.101. The molecule has 0 saturated heterocycles. The molecule has 2 N–H and O–H groups in total. The van der Waals surface area contributed by atoms with E-state index in [1.165, 1.54) is 0 Å². The summed E-state index contributed by atoms with van der Waals surface area (Å²) in [6.07, 6.45) is -1.75. The quantitative estimate of drug-likeness (QED) is 0.776. The first-order valence-corrected chi connectivity index (χ1v) is 7.09. The molecule has 0 radical (unpaired) electrons. The Labute approximate surface area is 113 Å². The molecule has 3 unspecified atom stereocenters. The Morgan fingerprint density at radius 3 is 2.26 bits per heavy atom. The smallest absolute Gasteiger partial charge is 0.382 e. The van der Waals surface area contributed by atoms with Gasteiger partial charge in [-0.15, -0.1) is 0 Å². The third-order valence-electron chi connectivity index (χ3n) is 4.17. The average molecular weight is 281 g/mol. The van der Waals surface area contributed by atoms with Crippen molar-refractivity contribution in [3.05, 3.63) is 0 Å². The molecule has 0 spiro atoms. The van der Waals surface area contributed by atoms with Crippen LogP contribution in [0.2, 0.25) is 0 Å². The van der Waals surface area contributed by atoms with Crippen molar-refractivity contribution in [1.82, 2.24) is 5.32 Å². The van der Waals surface area contributed by atoms with Crippen LogP contribution in [0.4, 0.5) is 13.2 Å². The molecule has 1 aliphatic carbocycles. The molecule has 0 aromatic carbocycles. The Kier molecular flexibility index (Phi) is 5.68. The largest absolute Gasteiger partial charge is 0.415 e. The number of rotatable bonds is 3. The van der Waals surface area contributed by atoms with Crippen molar-refractivity contribution < 1.29 is 18.3 Å². The molecule has 0 bridgehead atoms. The second-order valence-corrected chi connectivity index (χ2v) is 6.73.